The summed E-state index contributed by atoms with van der Waals surface area (Å²) in [6, 6.07) is 9.27. The number of rotatable bonds is 5. The molecule has 2 rings (SSSR count). The molecule has 1 aromatic carbocycles. The van der Waals surface area contributed by atoms with Gasteiger partial charge in [-0.1, -0.05) is 17.3 Å². The van der Waals surface area contributed by atoms with Crippen LogP contribution >= 0.6 is 0 Å². The quantitative estimate of drug-likeness (QED) is 0.374. The number of ether oxygens (including phenoxy) is 1. The third-order valence-corrected chi connectivity index (χ3v) is 2.83. The number of furan rings is 1. The molecule has 0 atom stereocenters. The van der Waals surface area contributed by atoms with E-state index in [-0.39, 0.29) is 5.84 Å². The molecule has 0 bridgehead atoms. The molecule has 0 spiro atoms. The number of hydrogen-bond acceptors (Lipinski definition) is 4. The zero-order chi connectivity index (χ0) is 13.7. The fourth-order valence-corrected chi connectivity index (χ4v) is 1.73. The zero-order valence-corrected chi connectivity index (χ0v) is 10.7. The number of hydrogen-bond donors (Lipinski definition) is 2. The second kappa shape index (κ2) is 6.06. The summed E-state index contributed by atoms with van der Waals surface area (Å²) in [5.41, 5.74) is 8.31. The first kappa shape index (κ1) is 13.2. The van der Waals surface area contributed by atoms with E-state index in [4.69, 9.17) is 20.1 Å². The molecule has 0 aliphatic rings. The molecule has 0 aliphatic heterocycles. The van der Waals surface area contributed by atoms with Gasteiger partial charge in [-0.15, -0.1) is 0 Å². The van der Waals surface area contributed by atoms with Gasteiger partial charge in [-0.05, 0) is 36.2 Å². The largest absolute Gasteiger partial charge is 0.467 e. The Morgan fingerprint density at radius 3 is 2.84 bits per heavy atom. The first-order chi connectivity index (χ1) is 9.20. The van der Waals surface area contributed by atoms with E-state index in [0.717, 1.165) is 16.9 Å². The number of amidine groups is 1. The highest BCUT2D eigenvalue weighted by Gasteiger charge is 2.04. The molecule has 0 unspecified atom stereocenters. The van der Waals surface area contributed by atoms with Gasteiger partial charge in [0.2, 0.25) is 0 Å². The first-order valence-corrected chi connectivity index (χ1v) is 5.88. The number of nitrogens with two attached hydrogens (primary N) is 1. The first-order valence-electron chi connectivity index (χ1n) is 5.88. The van der Waals surface area contributed by atoms with E-state index in [0.29, 0.717) is 18.8 Å². The van der Waals surface area contributed by atoms with Crippen LogP contribution in [0.15, 0.2) is 46.2 Å². The van der Waals surface area contributed by atoms with Crippen molar-refractivity contribution in [2.45, 2.75) is 20.1 Å². The summed E-state index contributed by atoms with van der Waals surface area (Å²) >= 11 is 0. The second-order valence-corrected chi connectivity index (χ2v) is 4.20. The van der Waals surface area contributed by atoms with Crippen LogP contribution in [0.2, 0.25) is 0 Å². The summed E-state index contributed by atoms with van der Waals surface area (Å²) in [4.78, 5) is 0. The van der Waals surface area contributed by atoms with Gasteiger partial charge < -0.3 is 20.1 Å². The van der Waals surface area contributed by atoms with Crippen LogP contribution in [0, 0.1) is 6.92 Å². The molecular formula is C14H16N2O3. The van der Waals surface area contributed by atoms with Crippen molar-refractivity contribution < 1.29 is 14.4 Å². The smallest absolute Gasteiger partial charge is 0.170 e. The van der Waals surface area contributed by atoms with Crippen molar-refractivity contribution >= 4 is 5.84 Å². The van der Waals surface area contributed by atoms with Crippen molar-refractivity contribution in [2.75, 3.05) is 0 Å². The lowest BCUT2D eigenvalue weighted by molar-refractivity contribution is 0.0926. The second-order valence-electron chi connectivity index (χ2n) is 4.20. The van der Waals surface area contributed by atoms with Crippen LogP contribution in [0.3, 0.4) is 0 Å². The maximum atomic E-state index is 8.62. The van der Waals surface area contributed by atoms with Crippen molar-refractivity contribution in [1.29, 1.82) is 0 Å². The molecule has 0 fully saturated rings. The summed E-state index contributed by atoms with van der Waals surface area (Å²) in [6.45, 7) is 2.89. The topological polar surface area (TPSA) is 81.0 Å². The summed E-state index contributed by atoms with van der Waals surface area (Å²) in [7, 11) is 0. The van der Waals surface area contributed by atoms with Crippen molar-refractivity contribution in [3.8, 4) is 0 Å². The van der Waals surface area contributed by atoms with Gasteiger partial charge in [0.25, 0.3) is 0 Å². The van der Waals surface area contributed by atoms with Gasteiger partial charge in [-0.3, -0.25) is 0 Å². The zero-order valence-electron chi connectivity index (χ0n) is 10.7. The van der Waals surface area contributed by atoms with Crippen LogP contribution in [0.1, 0.15) is 22.5 Å². The fraction of sp³-hybridized carbons (Fsp3) is 0.214. The maximum absolute atomic E-state index is 8.62. The number of benzene rings is 1. The molecule has 0 radical (unpaired) electrons. The molecule has 0 saturated carbocycles. The van der Waals surface area contributed by atoms with E-state index in [1.165, 1.54) is 0 Å². The Labute approximate surface area is 111 Å². The minimum Gasteiger partial charge on any atom is -0.467 e. The van der Waals surface area contributed by atoms with E-state index in [2.05, 4.69) is 5.16 Å². The van der Waals surface area contributed by atoms with Gasteiger partial charge in [-0.2, -0.15) is 0 Å². The fourth-order valence-electron chi connectivity index (χ4n) is 1.73. The SMILES string of the molecule is Cc1cc(/C(N)=N/O)ccc1COCc1ccco1. The van der Waals surface area contributed by atoms with Crippen LogP contribution in [-0.2, 0) is 18.0 Å². The van der Waals surface area contributed by atoms with Crippen LogP contribution in [-0.4, -0.2) is 11.0 Å². The van der Waals surface area contributed by atoms with E-state index in [1.807, 2.05) is 31.2 Å². The molecule has 2 aromatic rings. The Hall–Kier alpha value is -2.27. The van der Waals surface area contributed by atoms with Gasteiger partial charge in [0.15, 0.2) is 5.84 Å². The van der Waals surface area contributed by atoms with Crippen LogP contribution in [0.25, 0.3) is 0 Å². The lowest BCUT2D eigenvalue weighted by atomic mass is 10.1. The molecule has 1 aromatic heterocycles. The predicted molar refractivity (Wildman–Crippen MR) is 70.9 cm³/mol. The summed E-state index contributed by atoms with van der Waals surface area (Å²) < 4.78 is 10.7. The van der Waals surface area contributed by atoms with Crippen molar-refractivity contribution in [3.63, 3.8) is 0 Å². The Kier molecular flexibility index (Phi) is 4.20. The average molecular weight is 260 g/mol. The highest BCUT2D eigenvalue weighted by Crippen LogP contribution is 2.13. The highest BCUT2D eigenvalue weighted by molar-refractivity contribution is 5.97. The van der Waals surface area contributed by atoms with Gasteiger partial charge in [0.05, 0.1) is 12.9 Å². The lowest BCUT2D eigenvalue weighted by Crippen LogP contribution is -2.13. The summed E-state index contributed by atoms with van der Waals surface area (Å²) in [5.74, 6) is 0.900. The molecule has 100 valence electrons. The predicted octanol–water partition coefficient (Wildman–Crippen LogP) is 2.40. The van der Waals surface area contributed by atoms with Gasteiger partial charge in [0.1, 0.15) is 12.4 Å². The third-order valence-electron chi connectivity index (χ3n) is 2.83. The van der Waals surface area contributed by atoms with E-state index < -0.39 is 0 Å². The summed E-state index contributed by atoms with van der Waals surface area (Å²) in [6.07, 6.45) is 1.62. The maximum Gasteiger partial charge on any atom is 0.170 e. The third kappa shape index (κ3) is 3.35. The molecule has 3 N–H and O–H groups in total. The Morgan fingerprint density at radius 2 is 2.21 bits per heavy atom. The van der Waals surface area contributed by atoms with Crippen molar-refractivity contribution in [3.05, 3.63) is 59.0 Å². The van der Waals surface area contributed by atoms with E-state index in [1.54, 1.807) is 12.3 Å². The molecule has 0 saturated heterocycles. The Morgan fingerprint density at radius 1 is 1.37 bits per heavy atom. The van der Waals surface area contributed by atoms with Crippen molar-refractivity contribution in [2.24, 2.45) is 10.9 Å². The standard InChI is InChI=1S/C14H16N2O3/c1-10-7-11(14(15)16-17)4-5-12(10)8-18-9-13-3-2-6-19-13/h2-7,17H,8-9H2,1H3,(H2,15,16). The van der Waals surface area contributed by atoms with Gasteiger partial charge in [-0.25, -0.2) is 0 Å². The number of aryl methyl sites for hydroxylation is 1. The minimum atomic E-state index is 0.103. The van der Waals surface area contributed by atoms with Crippen molar-refractivity contribution in [1.82, 2.24) is 0 Å². The van der Waals surface area contributed by atoms with Crippen LogP contribution < -0.4 is 5.73 Å². The average Bonchev–Trinajstić information content (AvgIpc) is 2.93. The molecule has 1 heterocycles. The monoisotopic (exact) mass is 260 g/mol. The molecule has 0 amide bonds. The molecule has 5 heteroatoms. The van der Waals surface area contributed by atoms with E-state index >= 15 is 0 Å². The minimum absolute atomic E-state index is 0.103. The van der Waals surface area contributed by atoms with Gasteiger partial charge >= 0.3 is 0 Å². The number of nitrogens with zero attached hydrogens (tertiary/aromatic N) is 1. The molecule has 0 aliphatic carbocycles. The van der Waals surface area contributed by atoms with Crippen LogP contribution in [0.5, 0.6) is 0 Å². The Balaban J connectivity index is 1.97. The highest BCUT2D eigenvalue weighted by atomic mass is 16.5. The molecule has 5 nitrogen and oxygen atoms in total. The van der Waals surface area contributed by atoms with Gasteiger partial charge in [0, 0.05) is 5.56 Å². The summed E-state index contributed by atoms with van der Waals surface area (Å²) in [5, 5.41) is 11.6. The van der Waals surface area contributed by atoms with E-state index in [9.17, 15) is 0 Å². The lowest BCUT2D eigenvalue weighted by Gasteiger charge is -2.08. The van der Waals surface area contributed by atoms with Crippen LogP contribution in [0.4, 0.5) is 0 Å². The normalized spacial score (nSPS) is 11.7. The molecular weight excluding hydrogens is 244 g/mol. The Bertz CT molecular complexity index is 562. The number of oxime groups is 1. The molecule has 19 heavy (non-hydrogen) atoms.